The number of benzene rings is 3. The average molecular weight is 639 g/mol. The average Bonchev–Trinajstić information content (AvgIpc) is 3.09. The van der Waals surface area contributed by atoms with Gasteiger partial charge in [-0.25, -0.2) is 14.2 Å². The minimum atomic E-state index is -0.566. The van der Waals surface area contributed by atoms with Crippen LogP contribution < -0.4 is 4.74 Å². The van der Waals surface area contributed by atoms with Crippen molar-refractivity contribution in [1.82, 2.24) is 0 Å². The number of carbonyl (C=O) groups excluding carboxylic acids is 1. The van der Waals surface area contributed by atoms with Crippen LogP contribution in [0, 0.1) is 19.9 Å². The third-order valence-corrected chi connectivity index (χ3v) is 6.25. The molecular formula is C24H16FI2NO3. The van der Waals surface area contributed by atoms with Crippen molar-refractivity contribution in [3.63, 3.8) is 0 Å². The number of esters is 1. The Morgan fingerprint density at radius 2 is 1.81 bits per heavy atom. The Kier molecular flexibility index (Phi) is 6.71. The monoisotopic (exact) mass is 639 g/mol. The summed E-state index contributed by atoms with van der Waals surface area (Å²) in [6.45, 7) is 2.54. The van der Waals surface area contributed by atoms with Crippen LogP contribution in [0.2, 0.25) is 0 Å². The molecule has 0 bridgehead atoms. The van der Waals surface area contributed by atoms with Crippen LogP contribution in [0.3, 0.4) is 0 Å². The molecule has 0 aliphatic carbocycles. The molecule has 0 amide bonds. The van der Waals surface area contributed by atoms with Crippen molar-refractivity contribution in [3.05, 3.63) is 102 Å². The van der Waals surface area contributed by atoms with E-state index < -0.39 is 11.8 Å². The maximum atomic E-state index is 13.5. The number of halogens is 3. The molecule has 1 heterocycles. The molecule has 4 nitrogen and oxygen atoms in total. The maximum Gasteiger partial charge on any atom is 0.363 e. The van der Waals surface area contributed by atoms with Crippen LogP contribution in [0.25, 0.3) is 6.08 Å². The number of hydrogen-bond donors (Lipinski definition) is 0. The summed E-state index contributed by atoms with van der Waals surface area (Å²) in [6, 6.07) is 17.7. The van der Waals surface area contributed by atoms with Crippen LogP contribution in [-0.4, -0.2) is 11.9 Å². The third-order valence-electron chi connectivity index (χ3n) is 4.65. The largest absolute Gasteiger partial charge is 0.487 e. The van der Waals surface area contributed by atoms with Gasteiger partial charge in [0.2, 0.25) is 5.90 Å². The first-order chi connectivity index (χ1) is 14.9. The zero-order valence-corrected chi connectivity index (χ0v) is 20.7. The Morgan fingerprint density at radius 3 is 2.52 bits per heavy atom. The molecule has 1 aliphatic heterocycles. The summed E-state index contributed by atoms with van der Waals surface area (Å²) >= 11 is 4.44. The van der Waals surface area contributed by atoms with Gasteiger partial charge in [0.15, 0.2) is 5.70 Å². The number of rotatable bonds is 5. The topological polar surface area (TPSA) is 47.9 Å². The summed E-state index contributed by atoms with van der Waals surface area (Å²) in [6.07, 6.45) is 1.66. The van der Waals surface area contributed by atoms with E-state index >= 15 is 0 Å². The van der Waals surface area contributed by atoms with Gasteiger partial charge in [0.05, 0.1) is 7.14 Å². The molecule has 0 spiro atoms. The van der Waals surface area contributed by atoms with Crippen molar-refractivity contribution in [2.24, 2.45) is 4.99 Å². The number of aryl methyl sites for hydroxylation is 1. The molecule has 3 aromatic rings. The Morgan fingerprint density at radius 1 is 1.06 bits per heavy atom. The molecule has 0 fully saturated rings. The highest BCUT2D eigenvalue weighted by Gasteiger charge is 2.24. The second kappa shape index (κ2) is 9.47. The van der Waals surface area contributed by atoms with E-state index in [-0.39, 0.29) is 11.6 Å². The molecule has 4 rings (SSSR count). The first-order valence-corrected chi connectivity index (χ1v) is 11.5. The second-order valence-electron chi connectivity index (χ2n) is 6.88. The van der Waals surface area contributed by atoms with Gasteiger partial charge >= 0.3 is 5.97 Å². The number of ether oxygens (including phenoxy) is 2. The van der Waals surface area contributed by atoms with E-state index in [1.807, 2.05) is 30.3 Å². The fraction of sp³-hybridized carbons (Fsp3) is 0.0833. The van der Waals surface area contributed by atoms with Crippen molar-refractivity contribution < 1.29 is 18.7 Å². The Labute approximate surface area is 206 Å². The van der Waals surface area contributed by atoms with Gasteiger partial charge < -0.3 is 9.47 Å². The normalized spacial score (nSPS) is 14.5. The molecule has 156 valence electrons. The maximum absolute atomic E-state index is 13.5. The molecule has 0 radical (unpaired) electrons. The lowest BCUT2D eigenvalue weighted by Gasteiger charge is -2.13. The lowest BCUT2D eigenvalue weighted by molar-refractivity contribution is -0.129. The van der Waals surface area contributed by atoms with Crippen molar-refractivity contribution in [2.45, 2.75) is 13.5 Å². The highest BCUT2D eigenvalue weighted by atomic mass is 127. The zero-order valence-electron chi connectivity index (χ0n) is 16.4. The fourth-order valence-corrected chi connectivity index (χ4v) is 5.16. The van der Waals surface area contributed by atoms with Gasteiger partial charge in [-0.2, -0.15) is 0 Å². The van der Waals surface area contributed by atoms with Crippen molar-refractivity contribution in [2.75, 3.05) is 0 Å². The van der Waals surface area contributed by atoms with Gasteiger partial charge in [-0.3, -0.25) is 0 Å². The SMILES string of the molecule is Cc1ccccc1COc1c(I)cc(/C=C2/N=C(c3cccc(F)c3)OC2=O)cc1I. The zero-order chi connectivity index (χ0) is 22.0. The Bertz CT molecular complexity index is 1210. The van der Waals surface area contributed by atoms with Crippen LogP contribution in [-0.2, 0) is 16.1 Å². The molecular weight excluding hydrogens is 623 g/mol. The van der Waals surface area contributed by atoms with Gasteiger partial charge in [-0.15, -0.1) is 0 Å². The van der Waals surface area contributed by atoms with E-state index in [4.69, 9.17) is 9.47 Å². The minimum Gasteiger partial charge on any atom is -0.487 e. The van der Waals surface area contributed by atoms with Crippen molar-refractivity contribution >= 4 is 63.1 Å². The van der Waals surface area contributed by atoms with Crippen LogP contribution in [0.1, 0.15) is 22.3 Å². The summed E-state index contributed by atoms with van der Waals surface area (Å²) in [4.78, 5) is 16.5. The number of aliphatic imine (C=N–C) groups is 1. The van der Waals surface area contributed by atoms with Crippen LogP contribution >= 0.6 is 45.2 Å². The van der Waals surface area contributed by atoms with E-state index in [1.54, 1.807) is 18.2 Å². The van der Waals surface area contributed by atoms with Gasteiger partial charge in [-0.1, -0.05) is 30.3 Å². The number of nitrogens with zero attached hydrogens (tertiary/aromatic N) is 1. The predicted octanol–water partition coefficient (Wildman–Crippen LogP) is 6.27. The first kappa shape index (κ1) is 21.9. The number of carbonyl (C=O) groups is 1. The molecule has 0 saturated heterocycles. The summed E-state index contributed by atoms with van der Waals surface area (Å²) < 4.78 is 26.6. The predicted molar refractivity (Wildman–Crippen MR) is 134 cm³/mol. The minimum absolute atomic E-state index is 0.0957. The van der Waals surface area contributed by atoms with Gasteiger partial charge in [0.1, 0.15) is 18.2 Å². The lowest BCUT2D eigenvalue weighted by Crippen LogP contribution is -2.05. The van der Waals surface area contributed by atoms with Gasteiger partial charge in [0, 0.05) is 5.56 Å². The van der Waals surface area contributed by atoms with E-state index in [1.165, 1.54) is 17.7 Å². The number of hydrogen-bond acceptors (Lipinski definition) is 4. The summed E-state index contributed by atoms with van der Waals surface area (Å²) in [5, 5.41) is 0. The van der Waals surface area contributed by atoms with Crippen molar-refractivity contribution in [3.8, 4) is 5.75 Å². The molecule has 7 heteroatoms. The molecule has 0 N–H and O–H groups in total. The highest BCUT2D eigenvalue weighted by Crippen LogP contribution is 2.31. The summed E-state index contributed by atoms with van der Waals surface area (Å²) in [5.74, 6) is -0.0916. The quantitative estimate of drug-likeness (QED) is 0.188. The Hall–Kier alpha value is -2.27. The highest BCUT2D eigenvalue weighted by molar-refractivity contribution is 14.1. The van der Waals surface area contributed by atoms with Crippen LogP contribution in [0.4, 0.5) is 4.39 Å². The third kappa shape index (κ3) is 5.15. The molecule has 0 atom stereocenters. The summed E-state index contributed by atoms with van der Waals surface area (Å²) in [5.41, 5.74) is 3.70. The fourth-order valence-electron chi connectivity index (χ4n) is 3.03. The Balaban J connectivity index is 1.57. The summed E-state index contributed by atoms with van der Waals surface area (Å²) in [7, 11) is 0. The van der Waals surface area contributed by atoms with Crippen LogP contribution in [0.5, 0.6) is 5.75 Å². The first-order valence-electron chi connectivity index (χ1n) is 9.35. The van der Waals surface area contributed by atoms with Gasteiger partial charge in [-0.05, 0) is 105 Å². The van der Waals surface area contributed by atoms with Crippen LogP contribution in [0.15, 0.2) is 71.4 Å². The second-order valence-corrected chi connectivity index (χ2v) is 9.20. The van der Waals surface area contributed by atoms with E-state index in [0.29, 0.717) is 12.2 Å². The molecule has 0 unspecified atom stereocenters. The molecule has 1 aliphatic rings. The molecule has 3 aromatic carbocycles. The molecule has 31 heavy (non-hydrogen) atoms. The molecule has 0 aromatic heterocycles. The van der Waals surface area contributed by atoms with E-state index in [2.05, 4.69) is 63.2 Å². The van der Waals surface area contributed by atoms with E-state index in [9.17, 15) is 9.18 Å². The standard InChI is InChI=1S/C24H16FI2NO3/c1-14-5-2-3-6-17(14)13-30-22-19(26)9-15(10-20(22)27)11-21-24(29)31-23(28-21)16-7-4-8-18(25)12-16/h2-12H,13H2,1H3/b21-11+. The lowest BCUT2D eigenvalue weighted by atomic mass is 10.1. The number of cyclic esters (lactones) is 1. The smallest absolute Gasteiger partial charge is 0.363 e. The van der Waals surface area contributed by atoms with Crippen molar-refractivity contribution in [1.29, 1.82) is 0 Å². The van der Waals surface area contributed by atoms with Gasteiger partial charge in [0.25, 0.3) is 0 Å². The molecule has 0 saturated carbocycles. The van der Waals surface area contributed by atoms with E-state index in [0.717, 1.165) is 24.0 Å².